The van der Waals surface area contributed by atoms with Crippen LogP contribution in [0.25, 0.3) is 0 Å². The lowest BCUT2D eigenvalue weighted by Crippen LogP contribution is -2.56. The van der Waals surface area contributed by atoms with Crippen molar-refractivity contribution in [2.75, 3.05) is 19.6 Å². The zero-order chi connectivity index (χ0) is 18.4. The van der Waals surface area contributed by atoms with Gasteiger partial charge in [-0.2, -0.15) is 5.26 Å². The zero-order valence-corrected chi connectivity index (χ0v) is 14.8. The second-order valence-corrected chi connectivity index (χ2v) is 6.80. The minimum Gasteiger partial charge on any atom is -0.445 e. The third-order valence-electron chi connectivity index (χ3n) is 3.62. The molecule has 1 aliphatic rings. The molecule has 1 aromatic carbocycles. The number of piperazine rings is 1. The van der Waals surface area contributed by atoms with Gasteiger partial charge in [0.15, 0.2) is 0 Å². The average Bonchev–Trinajstić information content (AvgIpc) is 2.58. The Balaban J connectivity index is 1.92. The van der Waals surface area contributed by atoms with Crippen LogP contribution < -0.4 is 0 Å². The molecular formula is C18H23N3O4. The van der Waals surface area contributed by atoms with E-state index in [2.05, 4.69) is 6.07 Å². The molecule has 1 saturated heterocycles. The molecule has 1 aliphatic heterocycles. The molecule has 2 rings (SSSR count). The summed E-state index contributed by atoms with van der Waals surface area (Å²) in [5.74, 6) is 0. The van der Waals surface area contributed by atoms with Crippen molar-refractivity contribution in [2.45, 2.75) is 39.0 Å². The molecule has 134 valence electrons. The van der Waals surface area contributed by atoms with E-state index in [1.807, 2.05) is 30.3 Å². The van der Waals surface area contributed by atoms with Crippen molar-refractivity contribution in [3.63, 3.8) is 0 Å². The molecule has 0 N–H and O–H groups in total. The van der Waals surface area contributed by atoms with Crippen molar-refractivity contribution >= 4 is 12.2 Å². The van der Waals surface area contributed by atoms with Gasteiger partial charge in [0.1, 0.15) is 18.2 Å². The number of carbonyl (C=O) groups excluding carboxylic acids is 2. The molecule has 1 aromatic rings. The van der Waals surface area contributed by atoms with Crippen LogP contribution in [0.15, 0.2) is 30.3 Å². The maximum absolute atomic E-state index is 12.3. The van der Waals surface area contributed by atoms with Crippen LogP contribution >= 0.6 is 0 Å². The van der Waals surface area contributed by atoms with Crippen LogP contribution in [-0.2, 0) is 16.1 Å². The largest absolute Gasteiger partial charge is 0.445 e. The van der Waals surface area contributed by atoms with Crippen molar-refractivity contribution in [1.29, 1.82) is 5.26 Å². The topological polar surface area (TPSA) is 82.9 Å². The standard InChI is InChI=1S/C18H23N3O4/c1-18(2,3)25-16(22)20-9-10-21(15(11-19)12-20)17(23)24-13-14-7-5-4-6-8-14/h4-8,15H,9-10,12-13H2,1-3H3/t15-/m0/s1. The van der Waals surface area contributed by atoms with Gasteiger partial charge in [-0.25, -0.2) is 9.59 Å². The highest BCUT2D eigenvalue weighted by Gasteiger charge is 2.35. The Morgan fingerprint density at radius 3 is 2.48 bits per heavy atom. The fraction of sp³-hybridized carbons (Fsp3) is 0.500. The molecule has 0 aromatic heterocycles. The number of ether oxygens (including phenoxy) is 2. The van der Waals surface area contributed by atoms with Gasteiger partial charge in [0.05, 0.1) is 12.6 Å². The Morgan fingerprint density at radius 1 is 1.20 bits per heavy atom. The first-order chi connectivity index (χ1) is 11.8. The van der Waals surface area contributed by atoms with Gasteiger partial charge >= 0.3 is 12.2 Å². The highest BCUT2D eigenvalue weighted by atomic mass is 16.6. The fourth-order valence-corrected chi connectivity index (χ4v) is 2.41. The van der Waals surface area contributed by atoms with Crippen LogP contribution in [0.5, 0.6) is 0 Å². The normalized spacial score (nSPS) is 17.6. The zero-order valence-electron chi connectivity index (χ0n) is 14.8. The summed E-state index contributed by atoms with van der Waals surface area (Å²) in [4.78, 5) is 27.2. The van der Waals surface area contributed by atoms with Crippen molar-refractivity contribution in [1.82, 2.24) is 9.80 Å². The maximum atomic E-state index is 12.3. The molecule has 1 heterocycles. The van der Waals surface area contributed by atoms with E-state index < -0.39 is 23.8 Å². The van der Waals surface area contributed by atoms with Gasteiger partial charge in [0, 0.05) is 13.1 Å². The smallest absolute Gasteiger partial charge is 0.411 e. The molecule has 0 aliphatic carbocycles. The van der Waals surface area contributed by atoms with Crippen LogP contribution in [0.3, 0.4) is 0 Å². The number of nitrogens with zero attached hydrogens (tertiary/aromatic N) is 3. The minimum absolute atomic E-state index is 0.103. The summed E-state index contributed by atoms with van der Waals surface area (Å²) in [7, 11) is 0. The monoisotopic (exact) mass is 345 g/mol. The summed E-state index contributed by atoms with van der Waals surface area (Å²) in [5, 5.41) is 9.35. The van der Waals surface area contributed by atoms with Gasteiger partial charge in [-0.05, 0) is 26.3 Å². The number of nitriles is 1. The molecule has 0 spiro atoms. The lowest BCUT2D eigenvalue weighted by molar-refractivity contribution is 0.00692. The second kappa shape index (κ2) is 7.88. The van der Waals surface area contributed by atoms with E-state index in [1.54, 1.807) is 20.8 Å². The van der Waals surface area contributed by atoms with Gasteiger partial charge in [0.2, 0.25) is 0 Å². The minimum atomic E-state index is -0.760. The number of carbonyl (C=O) groups is 2. The molecule has 7 heteroatoms. The predicted molar refractivity (Wildman–Crippen MR) is 90.5 cm³/mol. The second-order valence-electron chi connectivity index (χ2n) is 6.80. The molecule has 2 amide bonds. The summed E-state index contributed by atoms with van der Waals surface area (Å²) >= 11 is 0. The summed E-state index contributed by atoms with van der Waals surface area (Å²) in [6.45, 7) is 6.12. The molecule has 0 bridgehead atoms. The number of hydrogen-bond acceptors (Lipinski definition) is 5. The third kappa shape index (κ3) is 5.38. The first-order valence-corrected chi connectivity index (χ1v) is 8.15. The molecular weight excluding hydrogens is 322 g/mol. The van der Waals surface area contributed by atoms with Crippen molar-refractivity contribution in [3.05, 3.63) is 35.9 Å². The van der Waals surface area contributed by atoms with Crippen molar-refractivity contribution < 1.29 is 19.1 Å². The van der Waals surface area contributed by atoms with E-state index >= 15 is 0 Å². The molecule has 1 atom stereocenters. The summed E-state index contributed by atoms with van der Waals surface area (Å²) in [6.07, 6.45) is -1.04. The van der Waals surface area contributed by atoms with E-state index in [1.165, 1.54) is 9.80 Å². The lowest BCUT2D eigenvalue weighted by atomic mass is 10.2. The lowest BCUT2D eigenvalue weighted by Gasteiger charge is -2.37. The first kappa shape index (κ1) is 18.6. The highest BCUT2D eigenvalue weighted by molar-refractivity contribution is 5.71. The van der Waals surface area contributed by atoms with E-state index in [4.69, 9.17) is 9.47 Å². The third-order valence-corrected chi connectivity index (χ3v) is 3.62. The molecule has 1 fully saturated rings. The van der Waals surface area contributed by atoms with E-state index in [0.717, 1.165) is 5.56 Å². The molecule has 0 radical (unpaired) electrons. The Hall–Kier alpha value is -2.75. The Morgan fingerprint density at radius 2 is 1.88 bits per heavy atom. The van der Waals surface area contributed by atoms with Crippen molar-refractivity contribution in [2.24, 2.45) is 0 Å². The van der Waals surface area contributed by atoms with E-state index in [0.29, 0.717) is 6.54 Å². The SMILES string of the molecule is CC(C)(C)OC(=O)N1CCN(C(=O)OCc2ccccc2)[C@@H](C#N)C1. The summed E-state index contributed by atoms with van der Waals surface area (Å²) in [6, 6.07) is 10.6. The Kier molecular flexibility index (Phi) is 5.86. The molecule has 0 saturated carbocycles. The van der Waals surface area contributed by atoms with Crippen LogP contribution in [-0.4, -0.2) is 53.3 Å². The quantitative estimate of drug-likeness (QED) is 0.823. The van der Waals surface area contributed by atoms with Gasteiger partial charge in [0.25, 0.3) is 0 Å². The highest BCUT2D eigenvalue weighted by Crippen LogP contribution is 2.16. The van der Waals surface area contributed by atoms with Gasteiger partial charge in [-0.1, -0.05) is 30.3 Å². The van der Waals surface area contributed by atoms with Gasteiger partial charge in [-0.3, -0.25) is 4.90 Å². The van der Waals surface area contributed by atoms with E-state index in [-0.39, 0.29) is 19.7 Å². The average molecular weight is 345 g/mol. The van der Waals surface area contributed by atoms with Gasteiger partial charge < -0.3 is 14.4 Å². The van der Waals surface area contributed by atoms with Crippen LogP contribution in [0, 0.1) is 11.3 Å². The summed E-state index contributed by atoms with van der Waals surface area (Å²) in [5.41, 5.74) is 0.266. The summed E-state index contributed by atoms with van der Waals surface area (Å²) < 4.78 is 10.6. The van der Waals surface area contributed by atoms with Crippen LogP contribution in [0.1, 0.15) is 26.3 Å². The maximum Gasteiger partial charge on any atom is 0.411 e. The van der Waals surface area contributed by atoms with Gasteiger partial charge in [-0.15, -0.1) is 0 Å². The van der Waals surface area contributed by atoms with Crippen LogP contribution in [0.2, 0.25) is 0 Å². The number of benzene rings is 1. The number of hydrogen-bond donors (Lipinski definition) is 0. The Labute approximate surface area is 147 Å². The predicted octanol–water partition coefficient (Wildman–Crippen LogP) is 2.77. The molecule has 0 unspecified atom stereocenters. The molecule has 25 heavy (non-hydrogen) atoms. The van der Waals surface area contributed by atoms with E-state index in [9.17, 15) is 14.9 Å². The van der Waals surface area contributed by atoms with Crippen LogP contribution in [0.4, 0.5) is 9.59 Å². The Bertz CT molecular complexity index is 649. The molecule has 7 nitrogen and oxygen atoms in total. The number of amides is 2. The fourth-order valence-electron chi connectivity index (χ4n) is 2.41. The first-order valence-electron chi connectivity index (χ1n) is 8.15. The number of rotatable bonds is 2. The van der Waals surface area contributed by atoms with Crippen molar-refractivity contribution in [3.8, 4) is 6.07 Å².